The number of cyclic esters (lactones) is 1. The molecule has 1 atom stereocenters. The molecule has 3 aromatic rings. The topological polar surface area (TPSA) is 57.4 Å². The number of hydrogen-bond acceptors (Lipinski definition) is 3. The Bertz CT molecular complexity index is 920. The van der Waals surface area contributed by atoms with Gasteiger partial charge in [-0.15, -0.1) is 0 Å². The predicted molar refractivity (Wildman–Crippen MR) is 107 cm³/mol. The van der Waals surface area contributed by atoms with Crippen LogP contribution in [-0.4, -0.2) is 42.2 Å². The first-order chi connectivity index (χ1) is 13.2. The maximum Gasteiger partial charge on any atom is 0.407 e. The van der Waals surface area contributed by atoms with Crippen LogP contribution < -0.4 is 5.32 Å². The first-order valence-electron chi connectivity index (χ1n) is 9.42. The van der Waals surface area contributed by atoms with Crippen molar-refractivity contribution in [1.29, 1.82) is 0 Å². The molecule has 1 amide bonds. The molecule has 0 bridgehead atoms. The quantitative estimate of drug-likeness (QED) is 0.676. The summed E-state index contributed by atoms with van der Waals surface area (Å²) in [4.78, 5) is 16.9. The highest BCUT2D eigenvalue weighted by Gasteiger charge is 2.22. The van der Waals surface area contributed by atoms with E-state index in [1.54, 1.807) is 0 Å². The smallest absolute Gasteiger partial charge is 0.407 e. The summed E-state index contributed by atoms with van der Waals surface area (Å²) in [6.45, 7) is 2.40. The highest BCUT2D eigenvalue weighted by atomic mass is 16.6. The summed E-state index contributed by atoms with van der Waals surface area (Å²) in [5.41, 5.74) is 5.04. The van der Waals surface area contributed by atoms with Crippen LogP contribution in [0.1, 0.15) is 16.7 Å². The highest BCUT2D eigenvalue weighted by molar-refractivity contribution is 5.84. The molecule has 1 aliphatic rings. The van der Waals surface area contributed by atoms with Gasteiger partial charge < -0.3 is 19.9 Å². The fourth-order valence-corrected chi connectivity index (χ4v) is 3.67. The molecule has 27 heavy (non-hydrogen) atoms. The normalized spacial score (nSPS) is 16.7. The van der Waals surface area contributed by atoms with E-state index in [1.807, 2.05) is 0 Å². The van der Waals surface area contributed by atoms with Gasteiger partial charge in [-0.1, -0.05) is 36.4 Å². The minimum Gasteiger partial charge on any atom is -0.447 e. The Morgan fingerprint density at radius 3 is 2.78 bits per heavy atom. The third-order valence-electron chi connectivity index (χ3n) is 5.11. The van der Waals surface area contributed by atoms with Crippen LogP contribution in [0, 0.1) is 0 Å². The zero-order chi connectivity index (χ0) is 18.6. The molecule has 4 rings (SSSR count). The van der Waals surface area contributed by atoms with E-state index in [0.29, 0.717) is 6.61 Å². The predicted octanol–water partition coefficient (Wildman–Crippen LogP) is 3.49. The summed E-state index contributed by atoms with van der Waals surface area (Å²) in [7, 11) is 2.16. The van der Waals surface area contributed by atoms with Gasteiger partial charge in [-0.3, -0.25) is 0 Å². The molecule has 0 spiro atoms. The largest absolute Gasteiger partial charge is 0.447 e. The number of nitrogens with one attached hydrogen (secondary N) is 2. The van der Waals surface area contributed by atoms with Crippen LogP contribution in [0.3, 0.4) is 0 Å². The number of rotatable bonds is 7. The number of alkyl carbamates (subject to hydrolysis) is 1. The molecule has 0 aliphatic carbocycles. The lowest BCUT2D eigenvalue weighted by molar-refractivity contribution is 0.177. The van der Waals surface area contributed by atoms with Gasteiger partial charge in [0, 0.05) is 30.2 Å². The van der Waals surface area contributed by atoms with Crippen molar-refractivity contribution in [3.05, 3.63) is 71.4 Å². The average molecular weight is 363 g/mol. The Hall–Kier alpha value is -2.79. The summed E-state index contributed by atoms with van der Waals surface area (Å²) in [6.07, 6.45) is 3.59. The summed E-state index contributed by atoms with van der Waals surface area (Å²) in [6, 6.07) is 17.1. The lowest BCUT2D eigenvalue weighted by Crippen LogP contribution is -2.28. The minimum absolute atomic E-state index is 0.0642. The van der Waals surface area contributed by atoms with Gasteiger partial charge in [0.15, 0.2) is 0 Å². The van der Waals surface area contributed by atoms with Gasteiger partial charge in [-0.2, -0.15) is 0 Å². The third-order valence-corrected chi connectivity index (χ3v) is 5.11. The van der Waals surface area contributed by atoms with Crippen molar-refractivity contribution >= 4 is 17.0 Å². The number of ether oxygens (including phenoxy) is 1. The molecule has 1 saturated heterocycles. The van der Waals surface area contributed by atoms with Gasteiger partial charge in [0.25, 0.3) is 0 Å². The SMILES string of the molecule is CN(CCc1c[nH]c2ccc(CC3COC(=O)N3)cc12)Cc1ccccc1. The Morgan fingerprint density at radius 2 is 2.00 bits per heavy atom. The van der Waals surface area contributed by atoms with Crippen molar-refractivity contribution in [3.8, 4) is 0 Å². The van der Waals surface area contributed by atoms with E-state index in [0.717, 1.165) is 31.4 Å². The van der Waals surface area contributed by atoms with E-state index in [-0.39, 0.29) is 12.1 Å². The molecular weight excluding hydrogens is 338 g/mol. The Balaban J connectivity index is 1.41. The van der Waals surface area contributed by atoms with Crippen molar-refractivity contribution < 1.29 is 9.53 Å². The van der Waals surface area contributed by atoms with Crippen molar-refractivity contribution in [2.24, 2.45) is 0 Å². The number of aromatic amines is 1. The molecular formula is C22H25N3O2. The monoisotopic (exact) mass is 363 g/mol. The molecule has 5 heteroatoms. The average Bonchev–Trinajstić information content (AvgIpc) is 3.26. The van der Waals surface area contributed by atoms with Crippen LogP contribution in [0.2, 0.25) is 0 Å². The standard InChI is InChI=1S/C22H25N3O2/c1-25(14-16-5-3-2-4-6-16)10-9-18-13-23-21-8-7-17(12-20(18)21)11-19-15-27-22(26)24-19/h2-8,12-13,19,23H,9-11,14-15H2,1H3,(H,24,26). The fourth-order valence-electron chi connectivity index (χ4n) is 3.67. The molecule has 140 valence electrons. The lowest BCUT2D eigenvalue weighted by Gasteiger charge is -2.16. The van der Waals surface area contributed by atoms with Crippen LogP contribution >= 0.6 is 0 Å². The molecule has 0 radical (unpaired) electrons. The minimum atomic E-state index is -0.315. The second kappa shape index (κ2) is 7.84. The van der Waals surface area contributed by atoms with Gasteiger partial charge in [-0.25, -0.2) is 4.79 Å². The van der Waals surface area contributed by atoms with E-state index < -0.39 is 0 Å². The number of carbonyl (C=O) groups is 1. The van der Waals surface area contributed by atoms with Crippen molar-refractivity contribution in [2.45, 2.75) is 25.4 Å². The fraction of sp³-hybridized carbons (Fsp3) is 0.318. The first kappa shape index (κ1) is 17.6. The van der Waals surface area contributed by atoms with Crippen LogP contribution in [0.4, 0.5) is 4.79 Å². The van der Waals surface area contributed by atoms with Gasteiger partial charge in [-0.05, 0) is 48.7 Å². The van der Waals surface area contributed by atoms with E-state index in [9.17, 15) is 4.79 Å². The highest BCUT2D eigenvalue weighted by Crippen LogP contribution is 2.22. The number of nitrogens with zero attached hydrogens (tertiary/aromatic N) is 1. The summed E-state index contributed by atoms with van der Waals surface area (Å²) < 4.78 is 4.99. The van der Waals surface area contributed by atoms with E-state index in [1.165, 1.54) is 22.1 Å². The molecule has 2 aromatic carbocycles. The van der Waals surface area contributed by atoms with E-state index in [4.69, 9.17) is 4.74 Å². The summed E-state index contributed by atoms with van der Waals surface area (Å²) >= 11 is 0. The maximum absolute atomic E-state index is 11.2. The number of benzene rings is 2. The van der Waals surface area contributed by atoms with Crippen molar-refractivity contribution in [3.63, 3.8) is 0 Å². The van der Waals surface area contributed by atoms with Crippen LogP contribution in [0.5, 0.6) is 0 Å². The number of fused-ring (bicyclic) bond motifs is 1. The van der Waals surface area contributed by atoms with Crippen molar-refractivity contribution in [2.75, 3.05) is 20.2 Å². The number of H-pyrrole nitrogens is 1. The van der Waals surface area contributed by atoms with E-state index in [2.05, 4.69) is 77.0 Å². The summed E-state index contributed by atoms with van der Waals surface area (Å²) in [5, 5.41) is 4.12. The van der Waals surface area contributed by atoms with Gasteiger partial charge >= 0.3 is 6.09 Å². The molecule has 1 aromatic heterocycles. The molecule has 1 unspecified atom stereocenters. The van der Waals surface area contributed by atoms with Gasteiger partial charge in [0.2, 0.25) is 0 Å². The van der Waals surface area contributed by atoms with E-state index >= 15 is 0 Å². The Kier molecular flexibility index (Phi) is 5.12. The lowest BCUT2D eigenvalue weighted by atomic mass is 10.0. The number of aromatic nitrogens is 1. The van der Waals surface area contributed by atoms with Gasteiger partial charge in [0.1, 0.15) is 6.61 Å². The number of likely N-dealkylation sites (N-methyl/N-ethyl adjacent to an activating group) is 1. The Morgan fingerprint density at radius 1 is 1.15 bits per heavy atom. The number of amides is 1. The second-order valence-corrected chi connectivity index (χ2v) is 7.31. The van der Waals surface area contributed by atoms with Crippen LogP contribution in [0.25, 0.3) is 10.9 Å². The zero-order valence-electron chi connectivity index (χ0n) is 15.6. The molecule has 0 saturated carbocycles. The summed E-state index contributed by atoms with van der Waals surface area (Å²) in [5.74, 6) is 0. The zero-order valence-corrected chi connectivity index (χ0v) is 15.6. The maximum atomic E-state index is 11.2. The molecule has 1 fully saturated rings. The van der Waals surface area contributed by atoms with Crippen LogP contribution in [0.15, 0.2) is 54.7 Å². The van der Waals surface area contributed by atoms with Crippen LogP contribution in [-0.2, 0) is 24.1 Å². The molecule has 2 N–H and O–H groups in total. The molecule has 1 aliphatic heterocycles. The number of carbonyl (C=O) groups excluding carboxylic acids is 1. The number of hydrogen-bond donors (Lipinski definition) is 2. The molecule has 2 heterocycles. The van der Waals surface area contributed by atoms with Gasteiger partial charge in [0.05, 0.1) is 6.04 Å². The van der Waals surface area contributed by atoms with Crippen molar-refractivity contribution in [1.82, 2.24) is 15.2 Å². The second-order valence-electron chi connectivity index (χ2n) is 7.31. The first-order valence-corrected chi connectivity index (χ1v) is 9.42. The third kappa shape index (κ3) is 4.31. The Labute approximate surface area is 159 Å². The molecule has 5 nitrogen and oxygen atoms in total.